The molecule has 0 fully saturated rings. The minimum Gasteiger partial charge on any atom is -0.479 e. The average molecular weight is 538 g/mol. The van der Waals surface area contributed by atoms with E-state index in [0.29, 0.717) is 6.42 Å². The maximum absolute atomic E-state index is 12.9. The highest BCUT2D eigenvalue weighted by molar-refractivity contribution is 9.09. The summed E-state index contributed by atoms with van der Waals surface area (Å²) in [5, 5.41) is 13.4. The molecule has 0 aliphatic rings. The second-order valence-electron chi connectivity index (χ2n) is 9.38. The van der Waals surface area contributed by atoms with E-state index >= 15 is 0 Å². The molecule has 0 radical (unpaired) electrons. The maximum atomic E-state index is 12.9. The number of carbonyl (C=O) groups is 1. The molecule has 0 saturated carbocycles. The standard InChI is InChI=1S/C26H37BrO5Si/c1-6-26(24(28)29,23(31-19-30-5)17-20(18-27)25(2,3)4)32-33(21-13-9-7-10-14-21)22-15-11-8-12-16-22/h7-16,20,23,33H,6,17-19H2,1-5H3,(H,28,29)/t20-,23-,26?/m1/s1. The highest BCUT2D eigenvalue weighted by atomic mass is 79.9. The summed E-state index contributed by atoms with van der Waals surface area (Å²) in [6.45, 7) is 8.34. The zero-order valence-electron chi connectivity index (χ0n) is 20.3. The molecule has 0 aliphatic heterocycles. The fourth-order valence-electron chi connectivity index (χ4n) is 3.97. The van der Waals surface area contributed by atoms with Crippen molar-refractivity contribution in [2.45, 2.75) is 52.2 Å². The van der Waals surface area contributed by atoms with Gasteiger partial charge in [0.2, 0.25) is 9.04 Å². The molecule has 1 N–H and O–H groups in total. The van der Waals surface area contributed by atoms with Crippen LogP contribution in [0.25, 0.3) is 0 Å². The highest BCUT2D eigenvalue weighted by Gasteiger charge is 2.50. The normalized spacial score (nSPS) is 15.7. The molecule has 2 aromatic carbocycles. The number of benzene rings is 2. The van der Waals surface area contributed by atoms with Gasteiger partial charge >= 0.3 is 5.97 Å². The maximum Gasteiger partial charge on any atom is 0.337 e. The number of methoxy groups -OCH3 is 1. The Balaban J connectivity index is 2.56. The van der Waals surface area contributed by atoms with Gasteiger partial charge in [0.15, 0.2) is 5.60 Å². The lowest BCUT2D eigenvalue weighted by Crippen LogP contribution is -2.61. The quantitative estimate of drug-likeness (QED) is 0.236. The predicted molar refractivity (Wildman–Crippen MR) is 139 cm³/mol. The van der Waals surface area contributed by atoms with Crippen molar-refractivity contribution in [1.82, 2.24) is 0 Å². The second-order valence-corrected chi connectivity index (χ2v) is 12.4. The predicted octanol–water partition coefficient (Wildman–Crippen LogP) is 4.21. The molecular formula is C26H37BrO5Si. The smallest absolute Gasteiger partial charge is 0.337 e. The number of halogens is 1. The summed E-state index contributed by atoms with van der Waals surface area (Å²) < 4.78 is 18.1. The van der Waals surface area contributed by atoms with Crippen LogP contribution in [0.5, 0.6) is 0 Å². The number of hydrogen-bond acceptors (Lipinski definition) is 4. The minimum absolute atomic E-state index is 0.00506. The molecule has 0 aliphatic carbocycles. The monoisotopic (exact) mass is 536 g/mol. The molecule has 0 amide bonds. The van der Waals surface area contributed by atoms with E-state index in [0.717, 1.165) is 15.7 Å². The van der Waals surface area contributed by atoms with Crippen LogP contribution in [0.3, 0.4) is 0 Å². The zero-order chi connectivity index (χ0) is 24.5. The highest BCUT2D eigenvalue weighted by Crippen LogP contribution is 2.37. The van der Waals surface area contributed by atoms with E-state index in [-0.39, 0.29) is 24.5 Å². The molecule has 3 atom stereocenters. The van der Waals surface area contributed by atoms with Gasteiger partial charge in [-0.3, -0.25) is 0 Å². The Kier molecular flexibility index (Phi) is 10.8. The Morgan fingerprint density at radius 1 is 1.03 bits per heavy atom. The third-order valence-electron chi connectivity index (χ3n) is 6.24. The largest absolute Gasteiger partial charge is 0.479 e. The van der Waals surface area contributed by atoms with E-state index in [2.05, 4.69) is 36.7 Å². The Morgan fingerprint density at radius 3 is 1.91 bits per heavy atom. The van der Waals surface area contributed by atoms with E-state index in [1.54, 1.807) is 7.11 Å². The van der Waals surface area contributed by atoms with Gasteiger partial charge in [-0.2, -0.15) is 0 Å². The van der Waals surface area contributed by atoms with Crippen LogP contribution in [0.2, 0.25) is 0 Å². The number of aliphatic carboxylic acids is 1. The summed E-state index contributed by atoms with van der Waals surface area (Å²) in [6, 6.07) is 19.9. The van der Waals surface area contributed by atoms with Crippen molar-refractivity contribution in [3.05, 3.63) is 60.7 Å². The SMILES string of the molecule is CCC(O[SiH](c1ccccc1)c1ccccc1)(C(=O)O)[C@@H](C[C@H](CBr)C(C)(C)C)OCOC. The lowest BCUT2D eigenvalue weighted by atomic mass is 9.76. The Bertz CT molecular complexity index is 803. The molecule has 5 nitrogen and oxygen atoms in total. The van der Waals surface area contributed by atoms with E-state index < -0.39 is 26.7 Å². The molecule has 0 saturated heterocycles. The van der Waals surface area contributed by atoms with Crippen LogP contribution in [-0.4, -0.2) is 51.1 Å². The molecule has 0 heterocycles. The summed E-state index contributed by atoms with van der Waals surface area (Å²) in [5.41, 5.74) is -1.54. The molecule has 0 bridgehead atoms. The number of carboxylic acids is 1. The van der Waals surface area contributed by atoms with Gasteiger partial charge in [0.05, 0.1) is 6.10 Å². The Labute approximate surface area is 208 Å². The first kappa shape index (κ1) is 27.7. The molecule has 2 rings (SSSR count). The molecule has 0 aromatic heterocycles. The first-order valence-electron chi connectivity index (χ1n) is 11.4. The lowest BCUT2D eigenvalue weighted by molar-refractivity contribution is -0.187. The van der Waals surface area contributed by atoms with Gasteiger partial charge in [0.1, 0.15) is 6.79 Å². The third kappa shape index (κ3) is 7.23. The van der Waals surface area contributed by atoms with Crippen molar-refractivity contribution in [2.75, 3.05) is 19.2 Å². The van der Waals surface area contributed by atoms with Gasteiger partial charge in [-0.1, -0.05) is 104 Å². The van der Waals surface area contributed by atoms with Crippen molar-refractivity contribution in [1.29, 1.82) is 0 Å². The van der Waals surface area contributed by atoms with Gasteiger partial charge < -0.3 is 19.0 Å². The molecule has 182 valence electrons. The summed E-state index contributed by atoms with van der Waals surface area (Å²) in [4.78, 5) is 12.9. The minimum atomic E-state index is -2.35. The Morgan fingerprint density at radius 2 is 1.55 bits per heavy atom. The molecule has 7 heteroatoms. The number of alkyl halides is 1. The molecule has 33 heavy (non-hydrogen) atoms. The zero-order valence-corrected chi connectivity index (χ0v) is 23.0. The molecular weight excluding hydrogens is 500 g/mol. The van der Waals surface area contributed by atoms with Crippen molar-refractivity contribution >= 4 is 41.3 Å². The van der Waals surface area contributed by atoms with Crippen molar-refractivity contribution in [2.24, 2.45) is 11.3 Å². The van der Waals surface area contributed by atoms with Crippen LogP contribution >= 0.6 is 15.9 Å². The number of ether oxygens (including phenoxy) is 2. The first-order valence-corrected chi connectivity index (χ1v) is 14.1. The number of carboxylic acid groups (broad SMARTS) is 1. The second kappa shape index (κ2) is 12.8. The lowest BCUT2D eigenvalue weighted by Gasteiger charge is -2.42. The fraction of sp³-hybridized carbons (Fsp3) is 0.500. The summed E-state index contributed by atoms with van der Waals surface area (Å²) in [6.07, 6.45) is 0.131. The van der Waals surface area contributed by atoms with E-state index in [1.165, 1.54) is 0 Å². The third-order valence-corrected chi connectivity index (χ3v) is 9.66. The van der Waals surface area contributed by atoms with Gasteiger partial charge in [-0.25, -0.2) is 4.79 Å². The van der Waals surface area contributed by atoms with Crippen LogP contribution in [-0.2, 0) is 18.7 Å². The van der Waals surface area contributed by atoms with E-state index in [4.69, 9.17) is 13.9 Å². The number of hydrogen-bond donors (Lipinski definition) is 1. The fourth-order valence-corrected chi connectivity index (χ4v) is 7.85. The van der Waals surface area contributed by atoms with Gasteiger partial charge in [-0.15, -0.1) is 0 Å². The summed E-state index contributed by atoms with van der Waals surface area (Å²) in [5.74, 6) is -0.820. The van der Waals surface area contributed by atoms with Crippen LogP contribution < -0.4 is 10.4 Å². The van der Waals surface area contributed by atoms with Gasteiger partial charge in [0, 0.05) is 12.4 Å². The van der Waals surface area contributed by atoms with Crippen LogP contribution in [0.15, 0.2) is 60.7 Å². The molecule has 1 unspecified atom stereocenters. The summed E-state index contributed by atoms with van der Waals surface area (Å²) in [7, 11) is -0.804. The van der Waals surface area contributed by atoms with Crippen molar-refractivity contribution < 1.29 is 23.8 Å². The van der Waals surface area contributed by atoms with E-state index in [9.17, 15) is 9.90 Å². The van der Waals surface area contributed by atoms with Crippen LogP contribution in [0, 0.1) is 11.3 Å². The summed E-state index contributed by atoms with van der Waals surface area (Å²) >= 11 is 3.63. The van der Waals surface area contributed by atoms with Crippen molar-refractivity contribution in [3.63, 3.8) is 0 Å². The topological polar surface area (TPSA) is 65.0 Å². The van der Waals surface area contributed by atoms with Crippen LogP contribution in [0.4, 0.5) is 0 Å². The van der Waals surface area contributed by atoms with Gasteiger partial charge in [-0.05, 0) is 34.5 Å². The average Bonchev–Trinajstić information content (AvgIpc) is 2.81. The molecule has 0 spiro atoms. The first-order chi connectivity index (χ1) is 15.7. The Hall–Kier alpha value is -1.51. The number of rotatable bonds is 13. The van der Waals surface area contributed by atoms with Crippen molar-refractivity contribution in [3.8, 4) is 0 Å². The molecule has 2 aromatic rings. The van der Waals surface area contributed by atoms with E-state index in [1.807, 2.05) is 67.6 Å². The van der Waals surface area contributed by atoms with Crippen LogP contribution in [0.1, 0.15) is 40.5 Å². The van der Waals surface area contributed by atoms with Gasteiger partial charge in [0.25, 0.3) is 0 Å².